The van der Waals surface area contributed by atoms with Crippen LogP contribution in [0.4, 0.5) is 5.69 Å². The van der Waals surface area contributed by atoms with E-state index >= 15 is 0 Å². The van der Waals surface area contributed by atoms with Crippen molar-refractivity contribution in [1.82, 2.24) is 0 Å². The van der Waals surface area contributed by atoms with E-state index in [1.54, 1.807) is 18.2 Å². The number of benzene rings is 3. The molecule has 0 atom stereocenters. The molecule has 5 heteroatoms. The predicted molar refractivity (Wildman–Crippen MR) is 109 cm³/mol. The van der Waals surface area contributed by atoms with Crippen LogP contribution in [-0.2, 0) is 4.79 Å². The molecule has 0 bridgehead atoms. The first-order chi connectivity index (χ1) is 13.7. The van der Waals surface area contributed by atoms with Gasteiger partial charge >= 0.3 is 0 Å². The van der Waals surface area contributed by atoms with E-state index in [9.17, 15) is 4.79 Å². The highest BCUT2D eigenvalue weighted by Gasteiger charge is 2.07. The van der Waals surface area contributed by atoms with Gasteiger partial charge in [-0.3, -0.25) is 4.79 Å². The second kappa shape index (κ2) is 7.68. The monoisotopic (exact) mass is 368 g/mol. The van der Waals surface area contributed by atoms with Crippen molar-refractivity contribution in [1.29, 1.82) is 5.26 Å². The first kappa shape index (κ1) is 17.4. The Balaban J connectivity index is 1.46. The number of para-hydroxylation sites is 1. The Morgan fingerprint density at radius 3 is 2.64 bits per heavy atom. The summed E-state index contributed by atoms with van der Waals surface area (Å²) >= 11 is 0. The fourth-order valence-electron chi connectivity index (χ4n) is 2.95. The van der Waals surface area contributed by atoms with Crippen LogP contribution in [0.15, 0.2) is 77.2 Å². The minimum atomic E-state index is -0.225. The zero-order valence-corrected chi connectivity index (χ0v) is 14.9. The van der Waals surface area contributed by atoms with Crippen molar-refractivity contribution in [3.05, 3.63) is 78.4 Å². The van der Waals surface area contributed by atoms with E-state index < -0.39 is 0 Å². The summed E-state index contributed by atoms with van der Waals surface area (Å²) < 4.78 is 11.0. The van der Waals surface area contributed by atoms with Gasteiger partial charge < -0.3 is 14.5 Å². The summed E-state index contributed by atoms with van der Waals surface area (Å²) in [6.07, 6.45) is 3.19. The molecule has 0 aliphatic heterocycles. The molecule has 5 nitrogen and oxygen atoms in total. The molecule has 28 heavy (non-hydrogen) atoms. The molecule has 0 saturated heterocycles. The SMILES string of the molecule is N#CCOc1ccc(/C=C/C(=O)Nc2ccc3oc4ccccc4c3c2)cc1. The molecule has 136 valence electrons. The topological polar surface area (TPSA) is 75.3 Å². The van der Waals surface area contributed by atoms with Gasteiger partial charge in [0.25, 0.3) is 0 Å². The molecule has 1 N–H and O–H groups in total. The van der Waals surface area contributed by atoms with E-state index in [2.05, 4.69) is 5.32 Å². The zero-order chi connectivity index (χ0) is 19.3. The Labute approximate surface area is 161 Å². The Bertz CT molecular complexity index is 1210. The molecule has 3 aromatic carbocycles. The van der Waals surface area contributed by atoms with Crippen molar-refractivity contribution in [3.63, 3.8) is 0 Å². The van der Waals surface area contributed by atoms with E-state index in [4.69, 9.17) is 14.4 Å². The smallest absolute Gasteiger partial charge is 0.248 e. The van der Waals surface area contributed by atoms with Gasteiger partial charge in [-0.05, 0) is 48.0 Å². The summed E-state index contributed by atoms with van der Waals surface area (Å²) in [6, 6.07) is 22.5. The molecule has 0 radical (unpaired) electrons. The Hall–Kier alpha value is -4.04. The van der Waals surface area contributed by atoms with Crippen molar-refractivity contribution < 1.29 is 13.9 Å². The highest BCUT2D eigenvalue weighted by molar-refractivity contribution is 6.08. The first-order valence-corrected chi connectivity index (χ1v) is 8.73. The molecule has 4 aromatic rings. The number of hydrogen-bond acceptors (Lipinski definition) is 4. The van der Waals surface area contributed by atoms with Gasteiger partial charge in [-0.15, -0.1) is 0 Å². The second-order valence-corrected chi connectivity index (χ2v) is 6.15. The van der Waals surface area contributed by atoms with Gasteiger partial charge in [0.15, 0.2) is 6.61 Å². The number of carbonyl (C=O) groups excluding carboxylic acids is 1. The maximum atomic E-state index is 12.2. The largest absolute Gasteiger partial charge is 0.479 e. The first-order valence-electron chi connectivity index (χ1n) is 8.73. The lowest BCUT2D eigenvalue weighted by molar-refractivity contribution is -0.111. The van der Waals surface area contributed by atoms with Crippen molar-refractivity contribution in [2.45, 2.75) is 0 Å². The number of nitriles is 1. The second-order valence-electron chi connectivity index (χ2n) is 6.15. The molecule has 0 unspecified atom stereocenters. The maximum Gasteiger partial charge on any atom is 0.248 e. The Morgan fingerprint density at radius 2 is 1.82 bits per heavy atom. The van der Waals surface area contributed by atoms with Crippen molar-refractivity contribution in [3.8, 4) is 11.8 Å². The van der Waals surface area contributed by atoms with Crippen LogP contribution in [0.2, 0.25) is 0 Å². The fraction of sp³-hybridized carbons (Fsp3) is 0.0435. The highest BCUT2D eigenvalue weighted by Crippen LogP contribution is 2.30. The third-order valence-electron chi connectivity index (χ3n) is 4.25. The van der Waals surface area contributed by atoms with E-state index in [1.165, 1.54) is 6.08 Å². The van der Waals surface area contributed by atoms with Crippen LogP contribution >= 0.6 is 0 Å². The van der Waals surface area contributed by atoms with Crippen molar-refractivity contribution in [2.24, 2.45) is 0 Å². The number of fused-ring (bicyclic) bond motifs is 3. The molecule has 4 rings (SSSR count). The highest BCUT2D eigenvalue weighted by atomic mass is 16.5. The quantitative estimate of drug-likeness (QED) is 0.495. The van der Waals surface area contributed by atoms with Gasteiger partial charge in [0.2, 0.25) is 5.91 Å². The van der Waals surface area contributed by atoms with Gasteiger partial charge in [0.05, 0.1) is 0 Å². The number of nitrogens with zero attached hydrogens (tertiary/aromatic N) is 1. The Morgan fingerprint density at radius 1 is 1.04 bits per heavy atom. The molecule has 0 spiro atoms. The summed E-state index contributed by atoms with van der Waals surface area (Å²) in [7, 11) is 0. The summed E-state index contributed by atoms with van der Waals surface area (Å²) in [5.41, 5.74) is 3.17. The molecule has 0 aliphatic carbocycles. The number of hydrogen-bond donors (Lipinski definition) is 1. The number of ether oxygens (including phenoxy) is 1. The molecule has 1 aromatic heterocycles. The van der Waals surface area contributed by atoms with Crippen LogP contribution in [0.3, 0.4) is 0 Å². The average molecular weight is 368 g/mol. The van der Waals surface area contributed by atoms with Crippen LogP contribution in [-0.4, -0.2) is 12.5 Å². The Kier molecular flexibility index (Phi) is 4.77. The van der Waals surface area contributed by atoms with E-state index in [-0.39, 0.29) is 12.5 Å². The van der Waals surface area contributed by atoms with Crippen molar-refractivity contribution in [2.75, 3.05) is 11.9 Å². The van der Waals surface area contributed by atoms with Gasteiger partial charge in [0, 0.05) is 22.5 Å². The van der Waals surface area contributed by atoms with Crippen LogP contribution in [0, 0.1) is 11.3 Å². The number of amides is 1. The number of nitrogens with one attached hydrogen (secondary N) is 1. The van der Waals surface area contributed by atoms with Gasteiger partial charge in [0.1, 0.15) is 23.0 Å². The zero-order valence-electron chi connectivity index (χ0n) is 14.9. The summed E-state index contributed by atoms with van der Waals surface area (Å²) in [5, 5.41) is 13.4. The lowest BCUT2D eigenvalue weighted by Gasteiger charge is -2.03. The number of rotatable bonds is 5. The molecule has 1 heterocycles. The fourth-order valence-corrected chi connectivity index (χ4v) is 2.95. The molecule has 0 saturated carbocycles. The summed E-state index contributed by atoms with van der Waals surface area (Å²) in [6.45, 7) is 0.00782. The van der Waals surface area contributed by atoms with E-state index in [1.807, 2.05) is 60.7 Å². The van der Waals surface area contributed by atoms with Gasteiger partial charge in [-0.2, -0.15) is 5.26 Å². The molecule has 0 aliphatic rings. The van der Waals surface area contributed by atoms with Crippen LogP contribution in [0.5, 0.6) is 5.75 Å². The minimum absolute atomic E-state index is 0.00782. The van der Waals surface area contributed by atoms with E-state index in [0.717, 1.165) is 27.5 Å². The standard InChI is InChI=1S/C23H16N2O3/c24-13-14-27-18-9-5-16(6-10-18)7-12-23(26)25-17-8-11-22-20(15-17)19-3-1-2-4-21(19)28-22/h1-12,15H,14H2,(H,25,26)/b12-7+. The lowest BCUT2D eigenvalue weighted by Crippen LogP contribution is -2.07. The van der Waals surface area contributed by atoms with Gasteiger partial charge in [-0.1, -0.05) is 30.3 Å². The predicted octanol–water partition coefficient (Wildman–Crippen LogP) is 5.14. The number of carbonyl (C=O) groups is 1. The van der Waals surface area contributed by atoms with Crippen LogP contribution in [0.25, 0.3) is 28.0 Å². The van der Waals surface area contributed by atoms with Crippen LogP contribution < -0.4 is 10.1 Å². The minimum Gasteiger partial charge on any atom is -0.479 e. The molecular weight excluding hydrogens is 352 g/mol. The molecule has 1 amide bonds. The third-order valence-corrected chi connectivity index (χ3v) is 4.25. The molecule has 0 fully saturated rings. The number of anilines is 1. The van der Waals surface area contributed by atoms with E-state index in [0.29, 0.717) is 11.4 Å². The summed E-state index contributed by atoms with van der Waals surface area (Å²) in [5.74, 6) is 0.390. The van der Waals surface area contributed by atoms with Crippen molar-refractivity contribution >= 4 is 39.6 Å². The molecular formula is C23H16N2O3. The summed E-state index contributed by atoms with van der Waals surface area (Å²) in [4.78, 5) is 12.2. The van der Waals surface area contributed by atoms with Crippen LogP contribution in [0.1, 0.15) is 5.56 Å². The maximum absolute atomic E-state index is 12.2. The third kappa shape index (κ3) is 3.71. The average Bonchev–Trinajstić information content (AvgIpc) is 3.09. The van der Waals surface area contributed by atoms with Gasteiger partial charge in [-0.25, -0.2) is 0 Å². The number of furan rings is 1. The normalized spacial score (nSPS) is 11.0. The lowest BCUT2D eigenvalue weighted by atomic mass is 10.1.